The maximum absolute atomic E-state index is 11.1. The fourth-order valence-electron chi connectivity index (χ4n) is 3.89. The summed E-state index contributed by atoms with van der Waals surface area (Å²) < 4.78 is 5.89. The Balaban J connectivity index is 2.07. The van der Waals surface area contributed by atoms with Crippen LogP contribution in [0.15, 0.2) is 78.9 Å². The van der Waals surface area contributed by atoms with E-state index < -0.39 is 5.97 Å². The lowest BCUT2D eigenvalue weighted by Crippen LogP contribution is -2.19. The number of allylic oxidation sites excluding steroid dienone is 1. The first-order chi connectivity index (χ1) is 15.8. The second-order valence-electron chi connectivity index (χ2n) is 8.75. The molecule has 0 aromatic heterocycles. The molecule has 0 saturated carbocycles. The Labute approximate surface area is 197 Å². The number of carboxylic acids is 1. The van der Waals surface area contributed by atoms with Crippen LogP contribution in [-0.4, -0.2) is 43.2 Å². The molecule has 0 heterocycles. The number of ether oxygens (including phenoxy) is 1. The lowest BCUT2D eigenvalue weighted by Gasteiger charge is -2.21. The van der Waals surface area contributed by atoms with Crippen LogP contribution in [0.25, 0.3) is 11.1 Å². The predicted octanol–water partition coefficient (Wildman–Crippen LogP) is 5.87. The van der Waals surface area contributed by atoms with Gasteiger partial charge in [0.05, 0.1) is 6.42 Å². The molecule has 0 atom stereocenters. The second kappa shape index (κ2) is 11.5. The van der Waals surface area contributed by atoms with Crippen LogP contribution in [0, 0.1) is 5.92 Å². The zero-order chi connectivity index (χ0) is 23.8. The highest BCUT2D eigenvalue weighted by Crippen LogP contribution is 2.37. The molecule has 0 saturated heterocycles. The van der Waals surface area contributed by atoms with E-state index in [-0.39, 0.29) is 12.3 Å². The molecule has 1 N–H and O–H groups in total. The number of nitrogens with zero attached hydrogens (tertiary/aromatic N) is 1. The molecule has 0 unspecified atom stereocenters. The van der Waals surface area contributed by atoms with Crippen LogP contribution in [0.1, 0.15) is 36.1 Å². The van der Waals surface area contributed by atoms with Gasteiger partial charge in [0.25, 0.3) is 0 Å². The van der Waals surface area contributed by atoms with Crippen LogP contribution in [0.4, 0.5) is 0 Å². The van der Waals surface area contributed by atoms with E-state index in [2.05, 4.69) is 55.1 Å². The van der Waals surface area contributed by atoms with Crippen LogP contribution in [0.5, 0.6) is 5.75 Å². The molecule has 0 aliphatic heterocycles. The molecule has 4 heteroatoms. The molecule has 3 aromatic rings. The standard InChI is InChI=1S/C29H33NO3/c1-21(2)28(23-8-6-5-7-9-23)29(24-12-10-22(11-13-24)20-27(31)32)25-14-16-26(17-15-25)33-19-18-30(3)4/h5-17,21H,18-20H2,1-4H3,(H,31,32). The summed E-state index contributed by atoms with van der Waals surface area (Å²) in [5, 5.41) is 9.13. The van der Waals surface area contributed by atoms with Crippen molar-refractivity contribution in [3.63, 3.8) is 0 Å². The van der Waals surface area contributed by atoms with Gasteiger partial charge < -0.3 is 14.7 Å². The van der Waals surface area contributed by atoms with Crippen LogP contribution < -0.4 is 4.74 Å². The minimum Gasteiger partial charge on any atom is -0.492 e. The topological polar surface area (TPSA) is 49.8 Å². The summed E-state index contributed by atoms with van der Waals surface area (Å²) in [6.45, 7) is 5.92. The Morgan fingerprint density at radius 3 is 1.94 bits per heavy atom. The van der Waals surface area contributed by atoms with Crippen molar-refractivity contribution in [3.05, 3.63) is 101 Å². The Bertz CT molecular complexity index is 1070. The van der Waals surface area contributed by atoms with Crippen molar-refractivity contribution in [3.8, 4) is 5.75 Å². The minimum atomic E-state index is -0.824. The Morgan fingerprint density at radius 2 is 1.42 bits per heavy atom. The zero-order valence-electron chi connectivity index (χ0n) is 19.9. The molecule has 0 fully saturated rings. The lowest BCUT2D eigenvalue weighted by molar-refractivity contribution is -0.136. The van der Waals surface area contributed by atoms with Gasteiger partial charge in [0.2, 0.25) is 0 Å². The minimum absolute atomic E-state index is 0.0219. The van der Waals surface area contributed by atoms with Gasteiger partial charge in [-0.25, -0.2) is 0 Å². The molecule has 0 aliphatic carbocycles. The number of rotatable bonds is 10. The highest BCUT2D eigenvalue weighted by atomic mass is 16.5. The van der Waals surface area contributed by atoms with Crippen LogP contribution in [0.2, 0.25) is 0 Å². The van der Waals surface area contributed by atoms with Gasteiger partial charge in [-0.15, -0.1) is 0 Å². The summed E-state index contributed by atoms with van der Waals surface area (Å²) >= 11 is 0. The van der Waals surface area contributed by atoms with E-state index in [4.69, 9.17) is 9.84 Å². The van der Waals surface area contributed by atoms with Crippen molar-refractivity contribution in [1.82, 2.24) is 4.90 Å². The van der Waals surface area contributed by atoms with Crippen LogP contribution in [0.3, 0.4) is 0 Å². The third-order valence-corrected chi connectivity index (χ3v) is 5.48. The average molecular weight is 444 g/mol. The van der Waals surface area contributed by atoms with Gasteiger partial charge in [-0.1, -0.05) is 80.6 Å². The highest BCUT2D eigenvalue weighted by Gasteiger charge is 2.17. The molecule has 0 spiro atoms. The lowest BCUT2D eigenvalue weighted by atomic mass is 9.84. The molecule has 33 heavy (non-hydrogen) atoms. The van der Waals surface area contributed by atoms with Crippen molar-refractivity contribution < 1.29 is 14.6 Å². The van der Waals surface area contributed by atoms with E-state index in [1.807, 2.05) is 56.6 Å². The molecule has 0 bridgehead atoms. The second-order valence-corrected chi connectivity index (χ2v) is 8.75. The van der Waals surface area contributed by atoms with Gasteiger partial charge >= 0.3 is 5.97 Å². The molecule has 3 rings (SSSR count). The van der Waals surface area contributed by atoms with Gasteiger partial charge in [0.15, 0.2) is 0 Å². The largest absolute Gasteiger partial charge is 0.492 e. The van der Waals surface area contributed by atoms with E-state index in [1.54, 1.807) is 0 Å². The Kier molecular flexibility index (Phi) is 8.45. The zero-order valence-corrected chi connectivity index (χ0v) is 19.9. The molecular formula is C29H33NO3. The molecule has 0 radical (unpaired) electrons. The van der Waals surface area contributed by atoms with Gasteiger partial charge in [0.1, 0.15) is 12.4 Å². The SMILES string of the molecule is CC(C)C(=C(c1ccc(CC(=O)O)cc1)c1ccc(OCCN(C)C)cc1)c1ccccc1. The van der Waals surface area contributed by atoms with Crippen molar-refractivity contribution in [2.45, 2.75) is 20.3 Å². The summed E-state index contributed by atoms with van der Waals surface area (Å²) in [6, 6.07) is 26.6. The number of hydrogen-bond acceptors (Lipinski definition) is 3. The maximum Gasteiger partial charge on any atom is 0.307 e. The Hall–Kier alpha value is -3.37. The van der Waals surface area contributed by atoms with Gasteiger partial charge in [-0.05, 0) is 65.5 Å². The van der Waals surface area contributed by atoms with Gasteiger partial charge in [-0.2, -0.15) is 0 Å². The van der Waals surface area contributed by atoms with Crippen molar-refractivity contribution in [2.75, 3.05) is 27.2 Å². The Morgan fingerprint density at radius 1 is 0.848 bits per heavy atom. The molecular weight excluding hydrogens is 410 g/mol. The normalized spacial score (nSPS) is 12.1. The van der Waals surface area contributed by atoms with E-state index in [9.17, 15) is 4.79 Å². The summed E-state index contributed by atoms with van der Waals surface area (Å²) in [5.41, 5.74) is 6.55. The molecule has 0 aliphatic rings. The van der Waals surface area contributed by atoms with E-state index in [0.717, 1.165) is 34.6 Å². The molecule has 0 amide bonds. The summed E-state index contributed by atoms with van der Waals surface area (Å²) in [4.78, 5) is 13.2. The third kappa shape index (κ3) is 6.80. The average Bonchev–Trinajstić information content (AvgIpc) is 2.78. The third-order valence-electron chi connectivity index (χ3n) is 5.48. The summed E-state index contributed by atoms with van der Waals surface area (Å²) in [7, 11) is 4.06. The fourth-order valence-corrected chi connectivity index (χ4v) is 3.89. The van der Waals surface area contributed by atoms with E-state index >= 15 is 0 Å². The monoisotopic (exact) mass is 443 g/mol. The first-order valence-electron chi connectivity index (χ1n) is 11.3. The number of aliphatic carboxylic acids is 1. The van der Waals surface area contributed by atoms with Gasteiger partial charge in [-0.3, -0.25) is 4.79 Å². The number of likely N-dealkylation sites (N-methyl/N-ethyl adjacent to an activating group) is 1. The van der Waals surface area contributed by atoms with E-state index in [0.29, 0.717) is 6.61 Å². The highest BCUT2D eigenvalue weighted by molar-refractivity contribution is 5.99. The quantitative estimate of drug-likeness (QED) is 0.398. The van der Waals surface area contributed by atoms with E-state index in [1.165, 1.54) is 11.1 Å². The number of hydrogen-bond donors (Lipinski definition) is 1. The van der Waals surface area contributed by atoms with Crippen molar-refractivity contribution >= 4 is 17.1 Å². The van der Waals surface area contributed by atoms with Crippen molar-refractivity contribution in [2.24, 2.45) is 5.92 Å². The molecule has 4 nitrogen and oxygen atoms in total. The summed E-state index contributed by atoms with van der Waals surface area (Å²) in [6.07, 6.45) is 0.0219. The fraction of sp³-hybridized carbons (Fsp3) is 0.276. The number of carbonyl (C=O) groups is 1. The maximum atomic E-state index is 11.1. The number of carboxylic acid groups (broad SMARTS) is 1. The number of benzene rings is 3. The van der Waals surface area contributed by atoms with Crippen LogP contribution in [-0.2, 0) is 11.2 Å². The first kappa shape index (κ1) is 24.3. The summed E-state index contributed by atoms with van der Waals surface area (Å²) in [5.74, 6) is 0.315. The predicted molar refractivity (Wildman–Crippen MR) is 135 cm³/mol. The first-order valence-corrected chi connectivity index (χ1v) is 11.3. The van der Waals surface area contributed by atoms with Crippen LogP contribution >= 0.6 is 0 Å². The van der Waals surface area contributed by atoms with Crippen molar-refractivity contribution in [1.29, 1.82) is 0 Å². The molecule has 3 aromatic carbocycles. The molecule has 172 valence electrons. The smallest absolute Gasteiger partial charge is 0.307 e. The van der Waals surface area contributed by atoms with Gasteiger partial charge in [0, 0.05) is 6.54 Å².